The normalized spacial score (nSPS) is 15.2. The summed E-state index contributed by atoms with van der Waals surface area (Å²) >= 11 is 0. The Kier molecular flexibility index (Phi) is 3.05. The summed E-state index contributed by atoms with van der Waals surface area (Å²) in [5, 5.41) is 7.72. The van der Waals surface area contributed by atoms with E-state index in [9.17, 15) is 13.2 Å². The van der Waals surface area contributed by atoms with Gasteiger partial charge < -0.3 is 5.32 Å². The number of nitrogens with one attached hydrogen (secondary N) is 1. The van der Waals surface area contributed by atoms with Gasteiger partial charge in [0.15, 0.2) is 0 Å². The minimum absolute atomic E-state index is 0.632. The van der Waals surface area contributed by atoms with Crippen molar-refractivity contribution in [3.63, 3.8) is 0 Å². The molecule has 1 N–H and O–H groups in total. The highest BCUT2D eigenvalue weighted by atomic mass is 19.4. The third-order valence-electron chi connectivity index (χ3n) is 3.60. The zero-order valence-electron chi connectivity index (χ0n) is 11.0. The molecule has 0 aliphatic carbocycles. The van der Waals surface area contributed by atoms with E-state index in [0.29, 0.717) is 0 Å². The number of hydrogen-bond donors (Lipinski definition) is 1. The van der Waals surface area contributed by atoms with Gasteiger partial charge in [-0.2, -0.15) is 18.3 Å². The number of aryl methyl sites for hydroxylation is 1. The number of fused-ring (bicyclic) bond motifs is 1. The summed E-state index contributed by atoms with van der Waals surface area (Å²) in [4.78, 5) is 0. The Morgan fingerprint density at radius 2 is 1.90 bits per heavy atom. The van der Waals surface area contributed by atoms with Crippen molar-refractivity contribution < 1.29 is 13.2 Å². The van der Waals surface area contributed by atoms with Crippen molar-refractivity contribution in [2.45, 2.75) is 19.1 Å². The van der Waals surface area contributed by atoms with Gasteiger partial charge in [0.25, 0.3) is 0 Å². The number of rotatable bonds is 1. The minimum Gasteiger partial charge on any atom is -0.311 e. The fraction of sp³-hybridized carbons (Fsp3) is 0.357. The molecule has 0 fully saturated rings. The van der Waals surface area contributed by atoms with Crippen LogP contribution in [0.25, 0.3) is 11.3 Å². The zero-order chi connectivity index (χ0) is 14.3. The first-order valence-electron chi connectivity index (χ1n) is 6.40. The molecule has 0 spiro atoms. The number of hydrogen-bond acceptors (Lipinski definition) is 2. The molecule has 0 saturated carbocycles. The first-order chi connectivity index (χ1) is 9.47. The highest BCUT2D eigenvalue weighted by Crippen LogP contribution is 2.32. The Balaban J connectivity index is 2.01. The Bertz CT molecular complexity index is 626. The summed E-state index contributed by atoms with van der Waals surface area (Å²) in [5.41, 5.74) is 3.12. The van der Waals surface area contributed by atoms with E-state index in [1.807, 2.05) is 7.05 Å². The standard InChI is InChI=1S/C14H14F3N3/c1-20-12-8-18-7-6-11(12)13(19-20)9-2-4-10(5-3-9)14(15,16)17/h2-5,18H,6-8H2,1H3. The third-order valence-corrected chi connectivity index (χ3v) is 3.60. The van der Waals surface area contributed by atoms with Crippen LogP contribution in [0.5, 0.6) is 0 Å². The Labute approximate surface area is 114 Å². The second kappa shape index (κ2) is 4.63. The topological polar surface area (TPSA) is 29.9 Å². The van der Waals surface area contributed by atoms with Crippen LogP contribution in [-0.4, -0.2) is 16.3 Å². The van der Waals surface area contributed by atoms with Crippen molar-refractivity contribution >= 4 is 0 Å². The summed E-state index contributed by atoms with van der Waals surface area (Å²) in [6, 6.07) is 5.20. The van der Waals surface area contributed by atoms with Crippen molar-refractivity contribution in [3.05, 3.63) is 41.1 Å². The summed E-state index contributed by atoms with van der Waals surface area (Å²) in [5.74, 6) is 0. The molecular weight excluding hydrogens is 267 g/mol. The van der Waals surface area contributed by atoms with Gasteiger partial charge in [0.05, 0.1) is 17.0 Å². The number of alkyl halides is 3. The Morgan fingerprint density at radius 3 is 2.55 bits per heavy atom. The van der Waals surface area contributed by atoms with E-state index >= 15 is 0 Å². The molecule has 0 saturated heterocycles. The van der Waals surface area contributed by atoms with Crippen LogP contribution < -0.4 is 5.32 Å². The quantitative estimate of drug-likeness (QED) is 0.871. The maximum atomic E-state index is 12.6. The molecule has 0 radical (unpaired) electrons. The average molecular weight is 281 g/mol. The Hall–Kier alpha value is -1.82. The predicted molar refractivity (Wildman–Crippen MR) is 69.1 cm³/mol. The monoisotopic (exact) mass is 281 g/mol. The first-order valence-corrected chi connectivity index (χ1v) is 6.40. The van der Waals surface area contributed by atoms with E-state index in [4.69, 9.17) is 0 Å². The number of nitrogens with zero attached hydrogens (tertiary/aromatic N) is 2. The molecule has 0 unspecified atom stereocenters. The predicted octanol–water partition coefficient (Wildman–Crippen LogP) is 2.75. The van der Waals surface area contributed by atoms with Gasteiger partial charge in [-0.3, -0.25) is 4.68 Å². The van der Waals surface area contributed by atoms with Crippen LogP contribution in [0.2, 0.25) is 0 Å². The molecule has 3 rings (SSSR count). The molecule has 106 valence electrons. The lowest BCUT2D eigenvalue weighted by Gasteiger charge is -2.14. The van der Waals surface area contributed by atoms with E-state index in [2.05, 4.69) is 10.4 Å². The maximum absolute atomic E-state index is 12.6. The lowest BCUT2D eigenvalue weighted by atomic mass is 10.00. The van der Waals surface area contributed by atoms with Crippen LogP contribution in [0, 0.1) is 0 Å². The lowest BCUT2D eigenvalue weighted by Crippen LogP contribution is -2.24. The van der Waals surface area contributed by atoms with Crippen molar-refractivity contribution in [2.75, 3.05) is 6.54 Å². The van der Waals surface area contributed by atoms with Crippen LogP contribution >= 0.6 is 0 Å². The molecule has 2 heterocycles. The molecule has 6 heteroatoms. The van der Waals surface area contributed by atoms with Gasteiger partial charge in [-0.05, 0) is 25.1 Å². The van der Waals surface area contributed by atoms with Crippen LogP contribution in [0.3, 0.4) is 0 Å². The second-order valence-electron chi connectivity index (χ2n) is 4.90. The molecule has 0 bridgehead atoms. The van der Waals surface area contributed by atoms with Gasteiger partial charge >= 0.3 is 6.18 Å². The molecule has 20 heavy (non-hydrogen) atoms. The molecule has 0 atom stereocenters. The van der Waals surface area contributed by atoms with E-state index in [-0.39, 0.29) is 0 Å². The maximum Gasteiger partial charge on any atom is 0.416 e. The molecule has 1 aliphatic heterocycles. The highest BCUT2D eigenvalue weighted by Gasteiger charge is 2.30. The number of benzene rings is 1. The minimum atomic E-state index is -4.30. The van der Waals surface area contributed by atoms with Crippen molar-refractivity contribution in [1.82, 2.24) is 15.1 Å². The number of halogens is 3. The van der Waals surface area contributed by atoms with Gasteiger partial charge in [-0.1, -0.05) is 12.1 Å². The lowest BCUT2D eigenvalue weighted by molar-refractivity contribution is -0.137. The summed E-state index contributed by atoms with van der Waals surface area (Å²) in [6.45, 7) is 1.62. The van der Waals surface area contributed by atoms with Crippen LogP contribution in [0.1, 0.15) is 16.8 Å². The van der Waals surface area contributed by atoms with E-state index < -0.39 is 11.7 Å². The van der Waals surface area contributed by atoms with Crippen molar-refractivity contribution in [2.24, 2.45) is 7.05 Å². The molecule has 0 amide bonds. The van der Waals surface area contributed by atoms with Crippen LogP contribution in [-0.2, 0) is 26.2 Å². The SMILES string of the molecule is Cn1nc(-c2ccc(C(F)(F)F)cc2)c2c1CNCC2. The van der Waals surface area contributed by atoms with E-state index in [1.165, 1.54) is 12.1 Å². The average Bonchev–Trinajstić information content (AvgIpc) is 2.76. The molecule has 1 aromatic heterocycles. The fourth-order valence-corrected chi connectivity index (χ4v) is 2.56. The summed E-state index contributed by atoms with van der Waals surface area (Å²) < 4.78 is 39.5. The zero-order valence-corrected chi connectivity index (χ0v) is 11.0. The number of aromatic nitrogens is 2. The molecule has 2 aromatic rings. The van der Waals surface area contributed by atoms with Crippen LogP contribution in [0.4, 0.5) is 13.2 Å². The van der Waals surface area contributed by atoms with Gasteiger partial charge in [-0.25, -0.2) is 0 Å². The van der Waals surface area contributed by atoms with Crippen molar-refractivity contribution in [1.29, 1.82) is 0 Å². The van der Waals surface area contributed by atoms with Crippen molar-refractivity contribution in [3.8, 4) is 11.3 Å². The molecule has 3 nitrogen and oxygen atoms in total. The van der Waals surface area contributed by atoms with Crippen LogP contribution in [0.15, 0.2) is 24.3 Å². The second-order valence-corrected chi connectivity index (χ2v) is 4.90. The van der Waals surface area contributed by atoms with Gasteiger partial charge in [0, 0.05) is 24.7 Å². The third kappa shape index (κ3) is 2.20. The first kappa shape index (κ1) is 13.2. The van der Waals surface area contributed by atoms with Gasteiger partial charge in [0.2, 0.25) is 0 Å². The summed E-state index contributed by atoms with van der Waals surface area (Å²) in [6.07, 6.45) is -3.45. The van der Waals surface area contributed by atoms with E-state index in [0.717, 1.165) is 54.2 Å². The molecule has 1 aromatic carbocycles. The van der Waals surface area contributed by atoms with Gasteiger partial charge in [-0.15, -0.1) is 0 Å². The molecular formula is C14H14F3N3. The van der Waals surface area contributed by atoms with E-state index in [1.54, 1.807) is 4.68 Å². The smallest absolute Gasteiger partial charge is 0.311 e. The van der Waals surface area contributed by atoms with Gasteiger partial charge in [0.1, 0.15) is 0 Å². The Morgan fingerprint density at radius 1 is 1.20 bits per heavy atom. The fourth-order valence-electron chi connectivity index (χ4n) is 2.56. The largest absolute Gasteiger partial charge is 0.416 e. The highest BCUT2D eigenvalue weighted by molar-refractivity contribution is 5.65. The summed E-state index contributed by atoms with van der Waals surface area (Å²) in [7, 11) is 1.86. The molecule has 1 aliphatic rings.